The minimum Gasteiger partial charge on any atom is -0.379 e. The highest BCUT2D eigenvalue weighted by Gasteiger charge is 2.30. The van der Waals surface area contributed by atoms with E-state index in [4.69, 9.17) is 4.74 Å². The molecule has 0 radical (unpaired) electrons. The molecule has 0 heterocycles. The number of alkyl halides is 3. The Morgan fingerprint density at radius 3 is 2.61 bits per heavy atom. The fourth-order valence-electron chi connectivity index (χ4n) is 1.82. The van der Waals surface area contributed by atoms with Gasteiger partial charge in [-0.3, -0.25) is 4.99 Å². The molecule has 0 aromatic heterocycles. The molecule has 4 nitrogen and oxygen atoms in total. The van der Waals surface area contributed by atoms with Crippen LogP contribution in [0, 0.1) is 5.92 Å². The second kappa shape index (κ2) is 9.39. The Hall–Kier alpha value is -1.76. The molecule has 0 saturated carbocycles. The lowest BCUT2D eigenvalue weighted by Crippen LogP contribution is -2.38. The molecule has 7 heteroatoms. The predicted molar refractivity (Wildman–Crippen MR) is 85.3 cm³/mol. The van der Waals surface area contributed by atoms with Crippen LogP contribution in [0.5, 0.6) is 0 Å². The van der Waals surface area contributed by atoms with Gasteiger partial charge in [-0.25, -0.2) is 0 Å². The molecular formula is C16H24F3N3O. The summed E-state index contributed by atoms with van der Waals surface area (Å²) in [6.07, 6.45) is -4.33. The fraction of sp³-hybridized carbons (Fsp3) is 0.562. The smallest absolute Gasteiger partial charge is 0.379 e. The summed E-state index contributed by atoms with van der Waals surface area (Å²) < 4.78 is 43.4. The molecule has 0 amide bonds. The first-order valence-corrected chi connectivity index (χ1v) is 7.51. The van der Waals surface area contributed by atoms with Gasteiger partial charge in [0.15, 0.2) is 5.96 Å². The van der Waals surface area contributed by atoms with Crippen LogP contribution in [-0.2, 0) is 17.5 Å². The molecule has 0 aliphatic heterocycles. The highest BCUT2D eigenvalue weighted by Crippen LogP contribution is 2.29. The first-order chi connectivity index (χ1) is 10.8. The lowest BCUT2D eigenvalue weighted by Gasteiger charge is -2.13. The summed E-state index contributed by atoms with van der Waals surface area (Å²) >= 11 is 0. The number of rotatable bonds is 7. The topological polar surface area (TPSA) is 45.7 Å². The Kier molecular flexibility index (Phi) is 7.88. The molecule has 1 aromatic rings. The Morgan fingerprint density at radius 1 is 1.26 bits per heavy atom. The summed E-state index contributed by atoms with van der Waals surface area (Å²) in [5, 5.41) is 6.03. The van der Waals surface area contributed by atoms with E-state index in [9.17, 15) is 13.2 Å². The number of ether oxygens (including phenoxy) is 1. The van der Waals surface area contributed by atoms with Crippen molar-refractivity contribution in [3.63, 3.8) is 0 Å². The van der Waals surface area contributed by atoms with Crippen molar-refractivity contribution in [2.45, 2.75) is 26.6 Å². The minimum absolute atomic E-state index is 0.260. The first kappa shape index (κ1) is 19.3. The van der Waals surface area contributed by atoms with Gasteiger partial charge in [-0.05, 0) is 23.6 Å². The highest BCUT2D eigenvalue weighted by atomic mass is 19.4. The summed E-state index contributed by atoms with van der Waals surface area (Å²) in [6, 6.07) is 5.23. The Labute approximate surface area is 135 Å². The van der Waals surface area contributed by atoms with E-state index in [0.29, 0.717) is 37.2 Å². The van der Waals surface area contributed by atoms with Gasteiger partial charge in [0.05, 0.1) is 12.2 Å². The molecule has 23 heavy (non-hydrogen) atoms. The van der Waals surface area contributed by atoms with Gasteiger partial charge in [0.1, 0.15) is 0 Å². The van der Waals surface area contributed by atoms with Gasteiger partial charge < -0.3 is 15.4 Å². The number of benzene rings is 1. The van der Waals surface area contributed by atoms with Crippen molar-refractivity contribution in [1.29, 1.82) is 0 Å². The number of nitrogens with zero attached hydrogens (tertiary/aromatic N) is 1. The maximum absolute atomic E-state index is 12.7. The zero-order valence-electron chi connectivity index (χ0n) is 13.7. The van der Waals surface area contributed by atoms with E-state index < -0.39 is 11.7 Å². The van der Waals surface area contributed by atoms with Crippen LogP contribution in [0.4, 0.5) is 13.2 Å². The maximum atomic E-state index is 12.7. The van der Waals surface area contributed by atoms with Crippen molar-refractivity contribution < 1.29 is 17.9 Å². The van der Waals surface area contributed by atoms with Crippen molar-refractivity contribution >= 4 is 5.96 Å². The molecule has 0 bridgehead atoms. The van der Waals surface area contributed by atoms with Crippen molar-refractivity contribution in [3.8, 4) is 0 Å². The van der Waals surface area contributed by atoms with E-state index in [1.807, 2.05) is 0 Å². The van der Waals surface area contributed by atoms with Crippen molar-refractivity contribution in [3.05, 3.63) is 35.4 Å². The number of nitrogens with one attached hydrogen (secondary N) is 2. The highest BCUT2D eigenvalue weighted by molar-refractivity contribution is 5.79. The minimum atomic E-state index is -4.33. The first-order valence-electron chi connectivity index (χ1n) is 7.51. The summed E-state index contributed by atoms with van der Waals surface area (Å²) in [6.45, 7) is 6.22. The molecule has 0 saturated heterocycles. The van der Waals surface area contributed by atoms with Crippen LogP contribution in [0.15, 0.2) is 29.3 Å². The number of guanidine groups is 1. The van der Waals surface area contributed by atoms with E-state index in [1.54, 1.807) is 13.1 Å². The molecule has 0 atom stereocenters. The molecule has 2 N–H and O–H groups in total. The molecule has 0 aliphatic rings. The Morgan fingerprint density at radius 2 is 2.00 bits per heavy atom. The van der Waals surface area contributed by atoms with Gasteiger partial charge in [0.25, 0.3) is 0 Å². The summed E-state index contributed by atoms with van der Waals surface area (Å²) in [7, 11) is 1.61. The second-order valence-corrected chi connectivity index (χ2v) is 5.52. The molecule has 0 unspecified atom stereocenters. The van der Waals surface area contributed by atoms with Crippen molar-refractivity contribution in [2.24, 2.45) is 10.9 Å². The fourth-order valence-corrected chi connectivity index (χ4v) is 1.82. The monoisotopic (exact) mass is 331 g/mol. The van der Waals surface area contributed by atoms with Crippen LogP contribution in [0.2, 0.25) is 0 Å². The van der Waals surface area contributed by atoms with Gasteiger partial charge in [-0.2, -0.15) is 13.2 Å². The van der Waals surface area contributed by atoms with Crippen LogP contribution < -0.4 is 10.6 Å². The van der Waals surface area contributed by atoms with Crippen LogP contribution in [-0.4, -0.2) is 32.8 Å². The van der Waals surface area contributed by atoms with Crippen molar-refractivity contribution in [1.82, 2.24) is 10.6 Å². The summed E-state index contributed by atoms with van der Waals surface area (Å²) in [5.41, 5.74) is -0.110. The van der Waals surface area contributed by atoms with Crippen LogP contribution in [0.3, 0.4) is 0 Å². The van der Waals surface area contributed by atoms with Crippen molar-refractivity contribution in [2.75, 3.05) is 26.8 Å². The molecule has 1 aromatic carbocycles. The molecule has 0 fully saturated rings. The standard InChI is InChI=1S/C16H24F3N3O/c1-12(2)11-23-8-7-21-15(20-3)22-10-13-5-4-6-14(9-13)16(17,18)19/h4-6,9,12H,7-8,10-11H2,1-3H3,(H2,20,21,22). The lowest BCUT2D eigenvalue weighted by atomic mass is 10.1. The van der Waals surface area contributed by atoms with Gasteiger partial charge in [0, 0.05) is 26.7 Å². The third kappa shape index (κ3) is 7.88. The van der Waals surface area contributed by atoms with Gasteiger partial charge in [0.2, 0.25) is 0 Å². The summed E-state index contributed by atoms with van der Waals surface area (Å²) in [5.74, 6) is 1.00. The molecular weight excluding hydrogens is 307 g/mol. The van der Waals surface area contributed by atoms with Gasteiger partial charge >= 0.3 is 6.18 Å². The van der Waals surface area contributed by atoms with E-state index in [2.05, 4.69) is 29.5 Å². The third-order valence-corrected chi connectivity index (χ3v) is 2.93. The molecule has 130 valence electrons. The normalized spacial score (nSPS) is 12.6. The number of aliphatic imine (C=N–C) groups is 1. The largest absolute Gasteiger partial charge is 0.416 e. The molecule has 0 aliphatic carbocycles. The quantitative estimate of drug-likeness (QED) is 0.459. The second-order valence-electron chi connectivity index (χ2n) is 5.52. The van der Waals surface area contributed by atoms with E-state index in [1.165, 1.54) is 6.07 Å². The van der Waals surface area contributed by atoms with Gasteiger partial charge in [-0.1, -0.05) is 26.0 Å². The SMILES string of the molecule is CN=C(NCCOCC(C)C)NCc1cccc(C(F)(F)F)c1. The predicted octanol–water partition coefficient (Wildman–Crippen LogP) is 3.04. The number of halogens is 3. The zero-order chi connectivity index (χ0) is 17.3. The zero-order valence-corrected chi connectivity index (χ0v) is 13.7. The van der Waals surface area contributed by atoms with E-state index >= 15 is 0 Å². The number of hydrogen-bond acceptors (Lipinski definition) is 2. The average Bonchev–Trinajstić information content (AvgIpc) is 2.49. The Balaban J connectivity index is 2.40. The average molecular weight is 331 g/mol. The van der Waals surface area contributed by atoms with E-state index in [-0.39, 0.29) is 6.54 Å². The van der Waals surface area contributed by atoms with Crippen LogP contribution in [0.25, 0.3) is 0 Å². The maximum Gasteiger partial charge on any atom is 0.416 e. The van der Waals surface area contributed by atoms with Crippen LogP contribution in [0.1, 0.15) is 25.0 Å². The van der Waals surface area contributed by atoms with E-state index in [0.717, 1.165) is 12.1 Å². The lowest BCUT2D eigenvalue weighted by molar-refractivity contribution is -0.137. The Bertz CT molecular complexity index is 502. The molecule has 1 rings (SSSR count). The molecule has 0 spiro atoms. The van der Waals surface area contributed by atoms with Crippen LogP contribution >= 0.6 is 0 Å². The number of hydrogen-bond donors (Lipinski definition) is 2. The summed E-state index contributed by atoms with van der Waals surface area (Å²) in [4.78, 5) is 4.02. The third-order valence-electron chi connectivity index (χ3n) is 2.93. The van der Waals surface area contributed by atoms with Gasteiger partial charge in [-0.15, -0.1) is 0 Å².